The van der Waals surface area contributed by atoms with Crippen molar-refractivity contribution in [3.8, 4) is 0 Å². The maximum Gasteiger partial charge on any atom is 0.0450 e. The van der Waals surface area contributed by atoms with Crippen LogP contribution in [0.2, 0.25) is 0 Å². The Balaban J connectivity index is 1.56. The highest BCUT2D eigenvalue weighted by atomic mass is 32.1. The number of rotatable bonds is 3. The van der Waals surface area contributed by atoms with Gasteiger partial charge in [-0.2, -0.15) is 11.3 Å². The molecular weight excluding hydrogens is 226 g/mol. The maximum atomic E-state index is 3.58. The van der Waals surface area contributed by atoms with E-state index in [1.807, 2.05) is 0 Å². The van der Waals surface area contributed by atoms with E-state index < -0.39 is 0 Å². The molecule has 0 atom stereocenters. The molecule has 2 aromatic rings. The summed E-state index contributed by atoms with van der Waals surface area (Å²) in [6, 6.07) is 11.8. The van der Waals surface area contributed by atoms with Gasteiger partial charge in [0.15, 0.2) is 0 Å². The summed E-state index contributed by atoms with van der Waals surface area (Å²) in [6.45, 7) is 2.14. The van der Waals surface area contributed by atoms with E-state index >= 15 is 0 Å². The van der Waals surface area contributed by atoms with Crippen molar-refractivity contribution in [2.45, 2.75) is 31.7 Å². The van der Waals surface area contributed by atoms with E-state index in [9.17, 15) is 0 Å². The third-order valence-electron chi connectivity index (χ3n) is 3.58. The topological polar surface area (TPSA) is 12.0 Å². The molecule has 0 spiro atoms. The molecule has 1 saturated carbocycles. The summed E-state index contributed by atoms with van der Waals surface area (Å²) in [5.41, 5.74) is 4.13. The van der Waals surface area contributed by atoms with Crippen LogP contribution >= 0.6 is 11.3 Å². The van der Waals surface area contributed by atoms with E-state index in [1.54, 1.807) is 11.3 Å². The van der Waals surface area contributed by atoms with Crippen molar-refractivity contribution in [2.75, 3.05) is 5.32 Å². The van der Waals surface area contributed by atoms with Gasteiger partial charge >= 0.3 is 0 Å². The average molecular weight is 243 g/mol. The monoisotopic (exact) mass is 243 g/mol. The zero-order valence-corrected chi connectivity index (χ0v) is 10.8. The number of aryl methyl sites for hydroxylation is 1. The molecule has 17 heavy (non-hydrogen) atoms. The van der Waals surface area contributed by atoms with Crippen molar-refractivity contribution < 1.29 is 0 Å². The fourth-order valence-electron chi connectivity index (χ4n) is 2.43. The Labute approximate surface area is 106 Å². The number of hydrogen-bond donors (Lipinski definition) is 1. The number of benzene rings is 1. The molecule has 1 nitrogen and oxygen atoms in total. The first kappa shape index (κ1) is 10.8. The van der Waals surface area contributed by atoms with Gasteiger partial charge in [0.25, 0.3) is 0 Å². The van der Waals surface area contributed by atoms with Crippen LogP contribution in [0.25, 0.3) is 0 Å². The minimum absolute atomic E-state index is 0.663. The van der Waals surface area contributed by atoms with Gasteiger partial charge in [0.05, 0.1) is 0 Å². The van der Waals surface area contributed by atoms with Gasteiger partial charge in [0.2, 0.25) is 0 Å². The Morgan fingerprint density at radius 1 is 1.12 bits per heavy atom. The van der Waals surface area contributed by atoms with Crippen LogP contribution in [0, 0.1) is 6.92 Å². The number of hydrogen-bond acceptors (Lipinski definition) is 2. The lowest BCUT2D eigenvalue weighted by Crippen LogP contribution is -2.33. The summed E-state index contributed by atoms with van der Waals surface area (Å²) in [5, 5.41) is 7.88. The molecule has 1 aliphatic rings. The summed E-state index contributed by atoms with van der Waals surface area (Å²) >= 11 is 1.75. The predicted octanol–water partition coefficient (Wildman–Crippen LogP) is 4.41. The predicted molar refractivity (Wildman–Crippen MR) is 74.9 cm³/mol. The van der Waals surface area contributed by atoms with Crippen LogP contribution in [0.15, 0.2) is 41.1 Å². The first-order valence-electron chi connectivity index (χ1n) is 6.16. The van der Waals surface area contributed by atoms with E-state index in [0.29, 0.717) is 6.04 Å². The minimum atomic E-state index is 0.663. The van der Waals surface area contributed by atoms with Crippen LogP contribution in [0.3, 0.4) is 0 Å². The lowest BCUT2D eigenvalue weighted by atomic mass is 9.75. The molecule has 2 heteroatoms. The molecule has 1 aromatic carbocycles. The smallest absolute Gasteiger partial charge is 0.0450 e. The minimum Gasteiger partial charge on any atom is -0.382 e. The van der Waals surface area contributed by atoms with E-state index in [1.165, 1.54) is 29.7 Å². The second kappa shape index (κ2) is 4.53. The van der Waals surface area contributed by atoms with Crippen LogP contribution in [0.4, 0.5) is 5.69 Å². The Morgan fingerprint density at radius 3 is 2.53 bits per heavy atom. The standard InChI is InChI=1S/C15H17NS/c1-11-2-4-12(5-3-11)13-8-15(9-13)16-14-6-7-17-10-14/h2-7,10,13,15-16H,8-9H2,1H3. The summed E-state index contributed by atoms with van der Waals surface area (Å²) in [7, 11) is 0. The highest BCUT2D eigenvalue weighted by Gasteiger charge is 2.29. The molecule has 1 aromatic heterocycles. The van der Waals surface area contributed by atoms with Crippen molar-refractivity contribution in [1.82, 2.24) is 0 Å². The van der Waals surface area contributed by atoms with Crippen LogP contribution in [-0.4, -0.2) is 6.04 Å². The van der Waals surface area contributed by atoms with Gasteiger partial charge in [0, 0.05) is 17.1 Å². The van der Waals surface area contributed by atoms with E-state index in [-0.39, 0.29) is 0 Å². The fraction of sp³-hybridized carbons (Fsp3) is 0.333. The van der Waals surface area contributed by atoms with Gasteiger partial charge in [-0.25, -0.2) is 0 Å². The van der Waals surface area contributed by atoms with E-state index in [2.05, 4.69) is 53.3 Å². The first-order chi connectivity index (χ1) is 8.31. The third-order valence-corrected chi connectivity index (χ3v) is 4.26. The Morgan fingerprint density at radius 2 is 1.88 bits per heavy atom. The number of thiophene rings is 1. The highest BCUT2D eigenvalue weighted by Crippen LogP contribution is 2.38. The van der Waals surface area contributed by atoms with Crippen molar-refractivity contribution in [3.05, 3.63) is 52.2 Å². The van der Waals surface area contributed by atoms with Crippen molar-refractivity contribution in [3.63, 3.8) is 0 Å². The van der Waals surface area contributed by atoms with Crippen molar-refractivity contribution >= 4 is 17.0 Å². The largest absolute Gasteiger partial charge is 0.382 e. The normalized spacial score (nSPS) is 23.1. The van der Waals surface area contributed by atoms with Gasteiger partial charge in [-0.15, -0.1) is 0 Å². The second-order valence-corrected chi connectivity index (χ2v) is 5.71. The fourth-order valence-corrected chi connectivity index (χ4v) is 3.03. The average Bonchev–Trinajstić information content (AvgIpc) is 2.77. The SMILES string of the molecule is Cc1ccc(C2CC(Nc3ccsc3)C2)cc1. The number of anilines is 1. The van der Waals surface area contributed by atoms with Crippen molar-refractivity contribution in [1.29, 1.82) is 0 Å². The summed E-state index contributed by atoms with van der Waals surface area (Å²) in [5.74, 6) is 0.756. The Bertz CT molecular complexity index is 466. The zero-order chi connectivity index (χ0) is 11.7. The zero-order valence-electron chi connectivity index (χ0n) is 10.0. The molecule has 1 heterocycles. The molecule has 0 bridgehead atoms. The van der Waals surface area contributed by atoms with Gasteiger partial charge in [-0.3, -0.25) is 0 Å². The van der Waals surface area contributed by atoms with Gasteiger partial charge in [-0.1, -0.05) is 29.8 Å². The molecular formula is C15H17NS. The molecule has 0 radical (unpaired) electrons. The first-order valence-corrected chi connectivity index (χ1v) is 7.11. The van der Waals surface area contributed by atoms with Gasteiger partial charge in [0.1, 0.15) is 0 Å². The second-order valence-electron chi connectivity index (χ2n) is 4.93. The Kier molecular flexibility index (Phi) is 2.89. The maximum absolute atomic E-state index is 3.58. The summed E-state index contributed by atoms with van der Waals surface area (Å²) in [4.78, 5) is 0. The van der Waals surface area contributed by atoms with Crippen LogP contribution in [0.5, 0.6) is 0 Å². The van der Waals surface area contributed by atoms with E-state index in [4.69, 9.17) is 0 Å². The highest BCUT2D eigenvalue weighted by molar-refractivity contribution is 7.08. The quantitative estimate of drug-likeness (QED) is 0.841. The molecule has 1 N–H and O–H groups in total. The lowest BCUT2D eigenvalue weighted by Gasteiger charge is -2.36. The number of nitrogens with one attached hydrogen (secondary N) is 1. The molecule has 88 valence electrons. The van der Waals surface area contributed by atoms with Crippen LogP contribution in [-0.2, 0) is 0 Å². The van der Waals surface area contributed by atoms with Gasteiger partial charge in [-0.05, 0) is 42.7 Å². The molecule has 3 rings (SSSR count). The van der Waals surface area contributed by atoms with Crippen molar-refractivity contribution in [2.24, 2.45) is 0 Å². The summed E-state index contributed by atoms with van der Waals surface area (Å²) < 4.78 is 0. The molecule has 0 saturated heterocycles. The van der Waals surface area contributed by atoms with E-state index in [0.717, 1.165) is 5.92 Å². The lowest BCUT2D eigenvalue weighted by molar-refractivity contribution is 0.374. The summed E-state index contributed by atoms with van der Waals surface area (Å²) in [6.07, 6.45) is 2.53. The van der Waals surface area contributed by atoms with Crippen LogP contribution in [0.1, 0.15) is 29.9 Å². The molecule has 0 amide bonds. The Hall–Kier alpha value is -1.28. The molecule has 1 fully saturated rings. The molecule has 1 aliphatic carbocycles. The molecule has 0 unspecified atom stereocenters. The third kappa shape index (κ3) is 2.37. The molecule has 0 aliphatic heterocycles. The van der Waals surface area contributed by atoms with Crippen LogP contribution < -0.4 is 5.32 Å². The van der Waals surface area contributed by atoms with Gasteiger partial charge < -0.3 is 5.32 Å².